The van der Waals surface area contributed by atoms with Gasteiger partial charge < -0.3 is 9.84 Å². The number of esters is 1. The molecule has 4 aliphatic carbocycles. The number of rotatable bonds is 6. The minimum atomic E-state index is -1.19. The van der Waals surface area contributed by atoms with E-state index in [1.807, 2.05) is 13.0 Å². The van der Waals surface area contributed by atoms with Crippen molar-refractivity contribution in [1.29, 1.82) is 0 Å². The zero-order valence-electron chi connectivity index (χ0n) is 19.4. The largest absolute Gasteiger partial charge is 0.450 e. The summed E-state index contributed by atoms with van der Waals surface area (Å²) in [6.07, 6.45) is 10.6. The maximum absolute atomic E-state index is 13.1. The van der Waals surface area contributed by atoms with Crippen molar-refractivity contribution in [3.8, 4) is 0 Å². The molecule has 172 valence electrons. The molecule has 5 heteroatoms. The van der Waals surface area contributed by atoms with Crippen LogP contribution in [0, 0.1) is 28.6 Å². The molecule has 0 aromatic carbocycles. The van der Waals surface area contributed by atoms with Gasteiger partial charge in [0.25, 0.3) is 0 Å². The monoisotopic (exact) mass is 430 g/mol. The molecule has 0 spiro atoms. The first-order valence-corrected chi connectivity index (χ1v) is 12.3. The molecule has 0 aliphatic heterocycles. The number of aliphatic hydroxyl groups is 1. The fourth-order valence-electron chi connectivity index (χ4n) is 7.93. The molecule has 1 N–H and O–H groups in total. The van der Waals surface area contributed by atoms with E-state index in [1.165, 1.54) is 5.57 Å². The summed E-state index contributed by atoms with van der Waals surface area (Å²) in [4.78, 5) is 37.8. The van der Waals surface area contributed by atoms with E-state index in [0.717, 1.165) is 51.4 Å². The van der Waals surface area contributed by atoms with Gasteiger partial charge in [0.2, 0.25) is 5.78 Å². The second kappa shape index (κ2) is 8.13. The molecule has 0 amide bonds. The van der Waals surface area contributed by atoms with E-state index in [2.05, 4.69) is 13.8 Å². The highest BCUT2D eigenvalue weighted by Crippen LogP contribution is 2.68. The Bertz CT molecular complexity index is 800. The van der Waals surface area contributed by atoms with E-state index in [0.29, 0.717) is 37.0 Å². The van der Waals surface area contributed by atoms with Crippen LogP contribution in [-0.4, -0.2) is 34.9 Å². The fraction of sp³-hybridized carbons (Fsp3) is 0.808. The maximum Gasteiger partial charge on any atom is 0.306 e. The number of hydrogen-bond acceptors (Lipinski definition) is 5. The number of aliphatic hydroxyl groups excluding tert-OH is 1. The van der Waals surface area contributed by atoms with Gasteiger partial charge in [-0.1, -0.05) is 32.8 Å². The topological polar surface area (TPSA) is 80.7 Å². The first-order valence-electron chi connectivity index (χ1n) is 12.3. The lowest BCUT2D eigenvalue weighted by atomic mass is 9.46. The number of hydrogen-bond donors (Lipinski definition) is 1. The van der Waals surface area contributed by atoms with Crippen LogP contribution >= 0.6 is 0 Å². The van der Waals surface area contributed by atoms with E-state index in [9.17, 15) is 19.5 Å². The molecule has 3 fully saturated rings. The molecule has 6 atom stereocenters. The van der Waals surface area contributed by atoms with Crippen LogP contribution in [0.5, 0.6) is 0 Å². The number of fused-ring (bicyclic) bond motifs is 5. The summed E-state index contributed by atoms with van der Waals surface area (Å²) < 4.78 is 6.05. The molecule has 5 nitrogen and oxygen atoms in total. The third-order valence-electron chi connectivity index (χ3n) is 9.70. The summed E-state index contributed by atoms with van der Waals surface area (Å²) in [6.45, 7) is 5.93. The summed E-state index contributed by atoms with van der Waals surface area (Å²) in [5.74, 6) is 0.910. The summed E-state index contributed by atoms with van der Waals surface area (Å²) in [6, 6.07) is 0. The van der Waals surface area contributed by atoms with Crippen molar-refractivity contribution in [1.82, 2.24) is 0 Å². The molecular weight excluding hydrogens is 392 g/mol. The molecule has 0 unspecified atom stereocenters. The van der Waals surface area contributed by atoms with E-state index in [4.69, 9.17) is 4.74 Å². The SMILES string of the molecule is CCCCC(=O)O[C@@]1(C(=O)CO)CC[C@H]2[C@@H]3CCC4=CC(=O)CC[C@]4(C)[C@H]3CC[C@@]21C. The highest BCUT2D eigenvalue weighted by Gasteiger charge is 2.68. The average Bonchev–Trinajstić information content (AvgIpc) is 3.05. The van der Waals surface area contributed by atoms with Crippen LogP contribution in [-0.2, 0) is 19.1 Å². The van der Waals surface area contributed by atoms with E-state index in [-0.39, 0.29) is 23.0 Å². The number of Topliss-reactive ketones (excluding diaryl/α,β-unsaturated/α-hetero) is 1. The van der Waals surface area contributed by atoms with E-state index < -0.39 is 17.6 Å². The Morgan fingerprint density at radius 3 is 2.55 bits per heavy atom. The average molecular weight is 431 g/mol. The molecule has 0 radical (unpaired) electrons. The van der Waals surface area contributed by atoms with Crippen LogP contribution < -0.4 is 0 Å². The van der Waals surface area contributed by atoms with Crippen molar-refractivity contribution in [2.24, 2.45) is 28.6 Å². The summed E-state index contributed by atoms with van der Waals surface area (Å²) in [7, 11) is 0. The van der Waals surface area contributed by atoms with Crippen molar-refractivity contribution < 1.29 is 24.2 Å². The Labute approximate surface area is 186 Å². The van der Waals surface area contributed by atoms with Gasteiger partial charge in [0.05, 0.1) is 0 Å². The zero-order chi connectivity index (χ0) is 22.4. The molecule has 0 aromatic rings. The fourth-order valence-corrected chi connectivity index (χ4v) is 7.93. The van der Waals surface area contributed by atoms with Crippen LogP contribution in [0.1, 0.15) is 91.4 Å². The molecule has 4 rings (SSSR count). The van der Waals surface area contributed by atoms with Crippen LogP contribution in [0.25, 0.3) is 0 Å². The van der Waals surface area contributed by atoms with Gasteiger partial charge in [-0.3, -0.25) is 14.4 Å². The smallest absolute Gasteiger partial charge is 0.306 e. The molecule has 0 heterocycles. The van der Waals surface area contributed by atoms with E-state index >= 15 is 0 Å². The van der Waals surface area contributed by atoms with Gasteiger partial charge in [-0.2, -0.15) is 0 Å². The second-order valence-electron chi connectivity index (χ2n) is 10.9. The van der Waals surface area contributed by atoms with Crippen LogP contribution in [0.3, 0.4) is 0 Å². The van der Waals surface area contributed by atoms with Crippen LogP contribution in [0.15, 0.2) is 11.6 Å². The number of unbranched alkanes of at least 4 members (excludes halogenated alkanes) is 1. The highest BCUT2D eigenvalue weighted by molar-refractivity contribution is 5.92. The van der Waals surface area contributed by atoms with Gasteiger partial charge in [-0.15, -0.1) is 0 Å². The lowest BCUT2D eigenvalue weighted by Gasteiger charge is -2.59. The van der Waals surface area contributed by atoms with Gasteiger partial charge in [0.1, 0.15) is 6.61 Å². The number of allylic oxidation sites excluding steroid dienone is 1. The molecule has 0 saturated heterocycles. The first-order chi connectivity index (χ1) is 14.7. The van der Waals surface area contributed by atoms with Gasteiger partial charge in [0, 0.05) is 18.3 Å². The molecule has 0 bridgehead atoms. The highest BCUT2D eigenvalue weighted by atomic mass is 16.6. The molecule has 0 aromatic heterocycles. The third-order valence-corrected chi connectivity index (χ3v) is 9.70. The minimum absolute atomic E-state index is 0.0716. The van der Waals surface area contributed by atoms with E-state index in [1.54, 1.807) is 0 Å². The van der Waals surface area contributed by atoms with Crippen LogP contribution in [0.2, 0.25) is 0 Å². The minimum Gasteiger partial charge on any atom is -0.450 e. The molecule has 3 saturated carbocycles. The second-order valence-corrected chi connectivity index (χ2v) is 10.9. The summed E-state index contributed by atoms with van der Waals surface area (Å²) in [5, 5.41) is 9.83. The Morgan fingerprint density at radius 2 is 1.84 bits per heavy atom. The van der Waals surface area contributed by atoms with Crippen LogP contribution in [0.4, 0.5) is 0 Å². The van der Waals surface area contributed by atoms with Gasteiger partial charge in [-0.05, 0) is 80.6 Å². The Kier molecular flexibility index (Phi) is 5.95. The molecular formula is C26H38O5. The quantitative estimate of drug-likeness (QED) is 0.625. The summed E-state index contributed by atoms with van der Waals surface area (Å²) >= 11 is 0. The number of carbonyl (C=O) groups excluding carboxylic acids is 3. The predicted octanol–water partition coefficient (Wildman–Crippen LogP) is 4.55. The normalized spacial score (nSPS) is 41.6. The third kappa shape index (κ3) is 3.34. The predicted molar refractivity (Wildman–Crippen MR) is 117 cm³/mol. The van der Waals surface area contributed by atoms with Crippen molar-refractivity contribution in [3.05, 3.63) is 11.6 Å². The number of ketones is 2. The van der Waals surface area contributed by atoms with Crippen molar-refractivity contribution >= 4 is 17.5 Å². The first kappa shape index (κ1) is 22.7. The van der Waals surface area contributed by atoms with Gasteiger partial charge in [0.15, 0.2) is 11.4 Å². The molecule has 4 aliphatic rings. The Balaban J connectivity index is 1.65. The Morgan fingerprint density at radius 1 is 1.10 bits per heavy atom. The lowest BCUT2D eigenvalue weighted by Crippen LogP contribution is -2.59. The lowest BCUT2D eigenvalue weighted by molar-refractivity contribution is -0.191. The zero-order valence-corrected chi connectivity index (χ0v) is 19.4. The molecule has 31 heavy (non-hydrogen) atoms. The van der Waals surface area contributed by atoms with Crippen molar-refractivity contribution in [2.45, 2.75) is 97.0 Å². The number of ether oxygens (including phenoxy) is 1. The van der Waals surface area contributed by atoms with Gasteiger partial charge in [-0.25, -0.2) is 0 Å². The van der Waals surface area contributed by atoms with Crippen molar-refractivity contribution in [2.75, 3.05) is 6.61 Å². The Hall–Kier alpha value is -1.49. The standard InChI is InChI=1S/C26H38O5/c1-4-5-6-23(30)31-26(22(29)16-27)14-11-21-19-8-7-17-15-18(28)9-12-24(17,2)20(19)10-13-25(21,26)3/h15,19-21,27H,4-14,16H2,1-3H3/t19-,20+,21+,24+,25+,26-/m1/s1. The maximum atomic E-state index is 13.1. The van der Waals surface area contributed by atoms with Crippen molar-refractivity contribution in [3.63, 3.8) is 0 Å². The summed E-state index contributed by atoms with van der Waals surface area (Å²) in [5.41, 5.74) is -0.225. The number of carbonyl (C=O) groups is 3. The van der Waals surface area contributed by atoms with Gasteiger partial charge >= 0.3 is 5.97 Å².